The maximum Gasteiger partial charge on any atom is 0.0195 e. The van der Waals surface area contributed by atoms with E-state index in [0.29, 0.717) is 0 Å². The van der Waals surface area contributed by atoms with E-state index in [0.717, 1.165) is 18.1 Å². The van der Waals surface area contributed by atoms with Crippen LogP contribution in [0, 0.1) is 0 Å². The van der Waals surface area contributed by atoms with Gasteiger partial charge in [0.1, 0.15) is 0 Å². The van der Waals surface area contributed by atoms with Gasteiger partial charge in [0.05, 0.1) is 0 Å². The normalized spacial score (nSPS) is 32.3. The minimum absolute atomic E-state index is 0.734. The molecule has 1 saturated carbocycles. The zero-order valence-corrected chi connectivity index (χ0v) is 8.92. The fraction of sp³-hybridized carbons (Fsp3) is 1.00. The lowest BCUT2D eigenvalue weighted by Crippen LogP contribution is -2.42. The average Bonchev–Trinajstić information content (AvgIpc) is 2.84. The van der Waals surface area contributed by atoms with Gasteiger partial charge < -0.3 is 5.32 Å². The Morgan fingerprint density at radius 3 is 2.69 bits per heavy atom. The molecule has 2 heteroatoms. The van der Waals surface area contributed by atoms with Crippen LogP contribution in [0.4, 0.5) is 0 Å². The Bertz CT molecular complexity index is 165. The van der Waals surface area contributed by atoms with Gasteiger partial charge in [0, 0.05) is 24.7 Å². The Morgan fingerprint density at radius 2 is 2.15 bits per heavy atom. The molecule has 2 aliphatic rings. The number of hydrogen-bond acceptors (Lipinski definition) is 2. The number of nitrogens with zero attached hydrogens (tertiary/aromatic N) is 1. The predicted octanol–water partition coefficient (Wildman–Crippen LogP) is 1.61. The van der Waals surface area contributed by atoms with Crippen LogP contribution in [-0.4, -0.2) is 36.1 Å². The van der Waals surface area contributed by atoms with E-state index >= 15 is 0 Å². The van der Waals surface area contributed by atoms with E-state index in [-0.39, 0.29) is 0 Å². The Labute approximate surface area is 81.7 Å². The van der Waals surface area contributed by atoms with Gasteiger partial charge >= 0.3 is 0 Å². The lowest BCUT2D eigenvalue weighted by atomic mass is 10.2. The first-order chi connectivity index (χ1) is 6.27. The second-order valence-corrected chi connectivity index (χ2v) is 4.76. The van der Waals surface area contributed by atoms with E-state index in [9.17, 15) is 0 Å². The average molecular weight is 182 g/mol. The summed E-state index contributed by atoms with van der Waals surface area (Å²) in [5.74, 6) is 0. The summed E-state index contributed by atoms with van der Waals surface area (Å²) in [6.07, 6.45) is 5.60. The Kier molecular flexibility index (Phi) is 2.89. The molecule has 1 aliphatic heterocycles. The molecule has 1 heterocycles. The third kappa shape index (κ3) is 2.44. The zero-order chi connectivity index (χ0) is 9.26. The molecule has 2 atom stereocenters. The molecule has 0 radical (unpaired) electrons. The topological polar surface area (TPSA) is 15.3 Å². The first-order valence-electron chi connectivity index (χ1n) is 5.76. The number of likely N-dealkylation sites (tertiary alicyclic amines) is 1. The van der Waals surface area contributed by atoms with Crippen LogP contribution >= 0.6 is 0 Å². The summed E-state index contributed by atoms with van der Waals surface area (Å²) in [5.41, 5.74) is 0. The van der Waals surface area contributed by atoms with Crippen LogP contribution in [0.15, 0.2) is 0 Å². The van der Waals surface area contributed by atoms with E-state index in [2.05, 4.69) is 24.1 Å². The van der Waals surface area contributed by atoms with Crippen molar-refractivity contribution in [2.45, 2.75) is 57.7 Å². The SMILES string of the molecule is CC1CCCN1C(C)CNC1CC1. The molecule has 2 unspecified atom stereocenters. The fourth-order valence-corrected chi connectivity index (χ4v) is 2.35. The summed E-state index contributed by atoms with van der Waals surface area (Å²) in [6.45, 7) is 7.22. The summed E-state index contributed by atoms with van der Waals surface area (Å²) >= 11 is 0. The molecule has 2 nitrogen and oxygen atoms in total. The molecule has 13 heavy (non-hydrogen) atoms. The van der Waals surface area contributed by atoms with Gasteiger partial charge in [0.2, 0.25) is 0 Å². The quantitative estimate of drug-likeness (QED) is 0.710. The van der Waals surface area contributed by atoms with Gasteiger partial charge in [0.15, 0.2) is 0 Å². The second-order valence-electron chi connectivity index (χ2n) is 4.76. The second kappa shape index (κ2) is 3.97. The molecule has 0 bridgehead atoms. The van der Waals surface area contributed by atoms with Crippen LogP contribution in [-0.2, 0) is 0 Å². The lowest BCUT2D eigenvalue weighted by Gasteiger charge is -2.28. The van der Waals surface area contributed by atoms with E-state index in [1.807, 2.05) is 0 Å². The van der Waals surface area contributed by atoms with Crippen LogP contribution < -0.4 is 5.32 Å². The highest BCUT2D eigenvalue weighted by Crippen LogP contribution is 2.21. The molecular formula is C11H22N2. The summed E-state index contributed by atoms with van der Waals surface area (Å²) < 4.78 is 0. The van der Waals surface area contributed by atoms with Gasteiger partial charge in [0.25, 0.3) is 0 Å². The van der Waals surface area contributed by atoms with Crippen molar-refractivity contribution >= 4 is 0 Å². The molecule has 1 saturated heterocycles. The van der Waals surface area contributed by atoms with Crippen molar-refractivity contribution in [1.29, 1.82) is 0 Å². The Morgan fingerprint density at radius 1 is 1.38 bits per heavy atom. The summed E-state index contributed by atoms with van der Waals surface area (Å²) in [5, 5.41) is 3.61. The van der Waals surface area contributed by atoms with Crippen LogP contribution in [0.25, 0.3) is 0 Å². The van der Waals surface area contributed by atoms with Gasteiger partial charge in [-0.05, 0) is 46.1 Å². The summed E-state index contributed by atoms with van der Waals surface area (Å²) in [4.78, 5) is 2.65. The van der Waals surface area contributed by atoms with Gasteiger partial charge in [-0.1, -0.05) is 0 Å². The monoisotopic (exact) mass is 182 g/mol. The standard InChI is InChI=1S/C11H22N2/c1-9-4-3-7-13(9)10(2)8-12-11-5-6-11/h9-12H,3-8H2,1-2H3. The molecule has 1 N–H and O–H groups in total. The first kappa shape index (κ1) is 9.47. The van der Waals surface area contributed by atoms with Crippen molar-refractivity contribution in [3.8, 4) is 0 Å². The van der Waals surface area contributed by atoms with E-state index in [1.165, 1.54) is 38.8 Å². The molecule has 2 fully saturated rings. The summed E-state index contributed by atoms with van der Waals surface area (Å²) in [7, 11) is 0. The molecule has 0 aromatic carbocycles. The van der Waals surface area contributed by atoms with Crippen molar-refractivity contribution in [1.82, 2.24) is 10.2 Å². The molecule has 2 rings (SSSR count). The van der Waals surface area contributed by atoms with Crippen LogP contribution in [0.3, 0.4) is 0 Å². The minimum atomic E-state index is 0.734. The van der Waals surface area contributed by atoms with Crippen molar-refractivity contribution in [3.63, 3.8) is 0 Å². The molecule has 1 aliphatic carbocycles. The van der Waals surface area contributed by atoms with Crippen molar-refractivity contribution in [2.75, 3.05) is 13.1 Å². The highest BCUT2D eigenvalue weighted by atomic mass is 15.2. The van der Waals surface area contributed by atoms with Crippen molar-refractivity contribution in [3.05, 3.63) is 0 Å². The maximum absolute atomic E-state index is 3.61. The minimum Gasteiger partial charge on any atom is -0.312 e. The van der Waals surface area contributed by atoms with E-state index in [1.54, 1.807) is 0 Å². The van der Waals surface area contributed by atoms with Crippen LogP contribution in [0.5, 0.6) is 0 Å². The van der Waals surface area contributed by atoms with Crippen LogP contribution in [0.2, 0.25) is 0 Å². The van der Waals surface area contributed by atoms with E-state index in [4.69, 9.17) is 0 Å². The molecule has 0 spiro atoms. The zero-order valence-electron chi connectivity index (χ0n) is 8.92. The van der Waals surface area contributed by atoms with Gasteiger partial charge in [-0.3, -0.25) is 4.90 Å². The van der Waals surface area contributed by atoms with Gasteiger partial charge in [-0.15, -0.1) is 0 Å². The molecule has 0 amide bonds. The smallest absolute Gasteiger partial charge is 0.0195 e. The van der Waals surface area contributed by atoms with Crippen LogP contribution in [0.1, 0.15) is 39.5 Å². The maximum atomic E-state index is 3.61. The number of hydrogen-bond donors (Lipinski definition) is 1. The summed E-state index contributed by atoms with van der Waals surface area (Å²) in [6, 6.07) is 2.41. The lowest BCUT2D eigenvalue weighted by molar-refractivity contribution is 0.198. The Hall–Kier alpha value is -0.0800. The van der Waals surface area contributed by atoms with Crippen molar-refractivity contribution in [2.24, 2.45) is 0 Å². The van der Waals surface area contributed by atoms with Gasteiger partial charge in [-0.2, -0.15) is 0 Å². The Balaban J connectivity index is 1.71. The highest BCUT2D eigenvalue weighted by molar-refractivity contribution is 4.85. The first-order valence-corrected chi connectivity index (χ1v) is 5.76. The van der Waals surface area contributed by atoms with E-state index < -0.39 is 0 Å². The van der Waals surface area contributed by atoms with Crippen molar-refractivity contribution < 1.29 is 0 Å². The number of rotatable bonds is 4. The third-order valence-electron chi connectivity index (χ3n) is 3.45. The van der Waals surface area contributed by atoms with Gasteiger partial charge in [-0.25, -0.2) is 0 Å². The largest absolute Gasteiger partial charge is 0.312 e. The molecule has 76 valence electrons. The molecule has 0 aromatic heterocycles. The fourth-order valence-electron chi connectivity index (χ4n) is 2.35. The number of nitrogens with one attached hydrogen (secondary N) is 1. The molecular weight excluding hydrogens is 160 g/mol. The molecule has 0 aromatic rings. The predicted molar refractivity (Wildman–Crippen MR) is 55.9 cm³/mol. The highest BCUT2D eigenvalue weighted by Gasteiger charge is 2.26. The third-order valence-corrected chi connectivity index (χ3v) is 3.45.